The number of para-hydroxylation sites is 1. The zero-order chi connectivity index (χ0) is 15.8. The summed E-state index contributed by atoms with van der Waals surface area (Å²) in [4.78, 5) is 4.16. The SMILES string of the molecule is CN=C(NCc1ccon1)NCC(C)Oc1ccccc1C. The first-order valence-corrected chi connectivity index (χ1v) is 7.25. The number of nitrogens with one attached hydrogen (secondary N) is 2. The molecule has 6 nitrogen and oxygen atoms in total. The van der Waals surface area contributed by atoms with Gasteiger partial charge in [0.05, 0.1) is 13.1 Å². The molecule has 6 heteroatoms. The van der Waals surface area contributed by atoms with Crippen molar-refractivity contribution >= 4 is 5.96 Å². The molecule has 0 aliphatic carbocycles. The maximum atomic E-state index is 5.92. The Morgan fingerprint density at radius 3 is 2.82 bits per heavy atom. The molecule has 2 N–H and O–H groups in total. The number of aryl methyl sites for hydroxylation is 1. The van der Waals surface area contributed by atoms with Gasteiger partial charge in [0.1, 0.15) is 23.8 Å². The lowest BCUT2D eigenvalue weighted by Crippen LogP contribution is -2.41. The van der Waals surface area contributed by atoms with Crippen molar-refractivity contribution in [3.05, 3.63) is 47.9 Å². The van der Waals surface area contributed by atoms with Crippen molar-refractivity contribution in [2.75, 3.05) is 13.6 Å². The van der Waals surface area contributed by atoms with Crippen molar-refractivity contribution in [1.29, 1.82) is 0 Å². The molecule has 0 bridgehead atoms. The lowest BCUT2D eigenvalue weighted by atomic mass is 10.2. The second kappa shape index (κ2) is 8.07. The Labute approximate surface area is 130 Å². The molecule has 0 aliphatic heterocycles. The van der Waals surface area contributed by atoms with Gasteiger partial charge in [-0.1, -0.05) is 23.4 Å². The molecule has 0 aliphatic rings. The van der Waals surface area contributed by atoms with Gasteiger partial charge in [-0.15, -0.1) is 0 Å². The van der Waals surface area contributed by atoms with Gasteiger partial charge >= 0.3 is 0 Å². The largest absolute Gasteiger partial charge is 0.489 e. The van der Waals surface area contributed by atoms with Crippen molar-refractivity contribution in [2.45, 2.75) is 26.5 Å². The molecule has 2 aromatic rings. The predicted octanol–water partition coefficient (Wildman–Crippen LogP) is 2.12. The smallest absolute Gasteiger partial charge is 0.191 e. The summed E-state index contributed by atoms with van der Waals surface area (Å²) in [5, 5.41) is 10.2. The van der Waals surface area contributed by atoms with Crippen LogP contribution >= 0.6 is 0 Å². The molecule has 1 heterocycles. The fourth-order valence-corrected chi connectivity index (χ4v) is 1.91. The number of ether oxygens (including phenoxy) is 1. The molecule has 2 rings (SSSR count). The summed E-state index contributed by atoms with van der Waals surface area (Å²) in [7, 11) is 1.73. The van der Waals surface area contributed by atoms with E-state index in [4.69, 9.17) is 9.26 Å². The van der Waals surface area contributed by atoms with Crippen molar-refractivity contribution in [3.8, 4) is 5.75 Å². The van der Waals surface area contributed by atoms with E-state index in [0.717, 1.165) is 17.0 Å². The summed E-state index contributed by atoms with van der Waals surface area (Å²) < 4.78 is 10.7. The van der Waals surface area contributed by atoms with Crippen LogP contribution in [0.1, 0.15) is 18.2 Å². The molecule has 0 radical (unpaired) electrons. The predicted molar refractivity (Wildman–Crippen MR) is 86.0 cm³/mol. The molecule has 118 valence electrons. The van der Waals surface area contributed by atoms with E-state index >= 15 is 0 Å². The number of hydrogen-bond donors (Lipinski definition) is 2. The third-order valence-corrected chi connectivity index (χ3v) is 3.13. The van der Waals surface area contributed by atoms with Crippen LogP contribution in [0.5, 0.6) is 5.75 Å². The minimum absolute atomic E-state index is 0.0201. The standard InChI is InChI=1S/C16H22N4O2/c1-12-6-4-5-7-15(12)22-13(2)10-18-16(17-3)19-11-14-8-9-21-20-14/h4-9,13H,10-11H2,1-3H3,(H2,17,18,19). The van der Waals surface area contributed by atoms with Crippen LogP contribution in [0.4, 0.5) is 0 Å². The number of benzene rings is 1. The monoisotopic (exact) mass is 302 g/mol. The molecule has 1 aromatic heterocycles. The molecule has 0 spiro atoms. The number of nitrogens with zero attached hydrogens (tertiary/aromatic N) is 2. The van der Waals surface area contributed by atoms with Gasteiger partial charge in [0.25, 0.3) is 0 Å². The van der Waals surface area contributed by atoms with Crippen LogP contribution in [-0.2, 0) is 6.54 Å². The average Bonchev–Trinajstić information content (AvgIpc) is 3.03. The number of rotatable bonds is 6. The van der Waals surface area contributed by atoms with Gasteiger partial charge in [-0.05, 0) is 25.5 Å². The van der Waals surface area contributed by atoms with Gasteiger partial charge in [0.2, 0.25) is 0 Å². The van der Waals surface area contributed by atoms with E-state index in [1.54, 1.807) is 13.3 Å². The molecular weight excluding hydrogens is 280 g/mol. The highest BCUT2D eigenvalue weighted by Crippen LogP contribution is 2.17. The van der Waals surface area contributed by atoms with Crippen LogP contribution in [0, 0.1) is 6.92 Å². The minimum atomic E-state index is 0.0201. The molecule has 1 atom stereocenters. The molecule has 1 unspecified atom stereocenters. The quantitative estimate of drug-likeness (QED) is 0.632. The van der Waals surface area contributed by atoms with Crippen LogP contribution in [0.3, 0.4) is 0 Å². The minimum Gasteiger partial charge on any atom is -0.489 e. The van der Waals surface area contributed by atoms with Crippen molar-refractivity contribution in [2.24, 2.45) is 4.99 Å². The second-order valence-corrected chi connectivity index (χ2v) is 4.99. The highest BCUT2D eigenvalue weighted by Gasteiger charge is 2.07. The van der Waals surface area contributed by atoms with E-state index in [2.05, 4.69) is 20.8 Å². The van der Waals surface area contributed by atoms with Gasteiger partial charge in [0.15, 0.2) is 5.96 Å². The molecule has 1 aromatic carbocycles. The van der Waals surface area contributed by atoms with Crippen molar-refractivity contribution in [3.63, 3.8) is 0 Å². The van der Waals surface area contributed by atoms with Gasteiger partial charge in [0, 0.05) is 13.1 Å². The van der Waals surface area contributed by atoms with E-state index in [-0.39, 0.29) is 6.10 Å². The first kappa shape index (κ1) is 15.9. The summed E-state index contributed by atoms with van der Waals surface area (Å²) >= 11 is 0. The van der Waals surface area contributed by atoms with Gasteiger partial charge in [-0.2, -0.15) is 0 Å². The van der Waals surface area contributed by atoms with Crippen molar-refractivity contribution in [1.82, 2.24) is 15.8 Å². The van der Waals surface area contributed by atoms with Crippen LogP contribution in [-0.4, -0.2) is 30.8 Å². The molecule has 22 heavy (non-hydrogen) atoms. The highest BCUT2D eigenvalue weighted by atomic mass is 16.5. The zero-order valence-electron chi connectivity index (χ0n) is 13.2. The third kappa shape index (κ3) is 4.80. The Kier molecular flexibility index (Phi) is 5.82. The van der Waals surface area contributed by atoms with Gasteiger partial charge in [-0.25, -0.2) is 0 Å². The second-order valence-electron chi connectivity index (χ2n) is 4.99. The topological polar surface area (TPSA) is 71.7 Å². The van der Waals surface area contributed by atoms with E-state index in [0.29, 0.717) is 19.0 Å². The lowest BCUT2D eigenvalue weighted by Gasteiger charge is -2.18. The zero-order valence-corrected chi connectivity index (χ0v) is 13.2. The first-order valence-electron chi connectivity index (χ1n) is 7.25. The average molecular weight is 302 g/mol. The van der Waals surface area contributed by atoms with Crippen LogP contribution in [0.2, 0.25) is 0 Å². The van der Waals surface area contributed by atoms with Crippen molar-refractivity contribution < 1.29 is 9.26 Å². The van der Waals surface area contributed by atoms with E-state index in [1.165, 1.54) is 0 Å². The van der Waals surface area contributed by atoms with Crippen LogP contribution in [0.15, 0.2) is 46.1 Å². The number of guanidine groups is 1. The van der Waals surface area contributed by atoms with E-state index in [9.17, 15) is 0 Å². The molecule has 0 saturated carbocycles. The lowest BCUT2D eigenvalue weighted by molar-refractivity contribution is 0.222. The van der Waals surface area contributed by atoms with Gasteiger partial charge in [-0.3, -0.25) is 4.99 Å². The Bertz CT molecular complexity index is 596. The van der Waals surface area contributed by atoms with E-state index < -0.39 is 0 Å². The number of aliphatic imine (C=N–C) groups is 1. The fourth-order valence-electron chi connectivity index (χ4n) is 1.91. The molecule has 0 fully saturated rings. The summed E-state index contributed by atoms with van der Waals surface area (Å²) in [5.41, 5.74) is 1.95. The first-order chi connectivity index (χ1) is 10.7. The number of aromatic nitrogens is 1. The maximum Gasteiger partial charge on any atom is 0.191 e. The normalized spacial score (nSPS) is 12.8. The Morgan fingerprint density at radius 2 is 2.14 bits per heavy atom. The van der Waals surface area contributed by atoms with Crippen LogP contribution in [0.25, 0.3) is 0 Å². The van der Waals surface area contributed by atoms with Crippen LogP contribution < -0.4 is 15.4 Å². The molecule has 0 amide bonds. The molecular formula is C16H22N4O2. The fraction of sp³-hybridized carbons (Fsp3) is 0.375. The van der Waals surface area contributed by atoms with Gasteiger partial charge < -0.3 is 19.9 Å². The highest BCUT2D eigenvalue weighted by molar-refractivity contribution is 5.79. The summed E-state index contributed by atoms with van der Waals surface area (Å²) in [5.74, 6) is 1.60. The van der Waals surface area contributed by atoms with E-state index in [1.807, 2.05) is 44.2 Å². The summed E-state index contributed by atoms with van der Waals surface area (Å²) in [6.45, 7) is 5.26. The summed E-state index contributed by atoms with van der Waals surface area (Å²) in [6.07, 6.45) is 1.57. The Hall–Kier alpha value is -2.50. The third-order valence-electron chi connectivity index (χ3n) is 3.13. The Balaban J connectivity index is 1.76. The molecule has 0 saturated heterocycles. The number of hydrogen-bond acceptors (Lipinski definition) is 4. The maximum absolute atomic E-state index is 5.92. The Morgan fingerprint density at radius 1 is 1.32 bits per heavy atom. The summed E-state index contributed by atoms with van der Waals surface area (Å²) in [6, 6.07) is 9.79.